The zero-order valence-electron chi connectivity index (χ0n) is 11.6. The van der Waals surface area contributed by atoms with E-state index in [1.807, 2.05) is 12.1 Å². The van der Waals surface area contributed by atoms with E-state index in [2.05, 4.69) is 18.3 Å². The predicted molar refractivity (Wildman–Crippen MR) is 84.2 cm³/mol. The van der Waals surface area contributed by atoms with E-state index in [0.717, 1.165) is 23.9 Å². The first-order chi connectivity index (χ1) is 9.20. The second-order valence-corrected chi connectivity index (χ2v) is 6.35. The summed E-state index contributed by atoms with van der Waals surface area (Å²) in [5, 5.41) is 5.16. The molecule has 1 fully saturated rings. The predicted octanol–water partition coefficient (Wildman–Crippen LogP) is 5.09. The van der Waals surface area contributed by atoms with Crippen LogP contribution in [0.3, 0.4) is 0 Å². The van der Waals surface area contributed by atoms with E-state index >= 15 is 0 Å². The molecule has 1 aliphatic rings. The molecule has 1 nitrogen and oxygen atoms in total. The number of hydrogen-bond donors (Lipinski definition) is 1. The lowest BCUT2D eigenvalue weighted by molar-refractivity contribution is 0.269. The van der Waals surface area contributed by atoms with Crippen LogP contribution in [0.25, 0.3) is 0 Å². The van der Waals surface area contributed by atoms with E-state index in [0.29, 0.717) is 11.1 Å². The van der Waals surface area contributed by atoms with Gasteiger partial charge in [-0.1, -0.05) is 55.5 Å². The number of likely N-dealkylation sites (N-methyl/N-ethyl adjacent to an activating group) is 1. The molecular weight excluding hydrogens is 277 g/mol. The van der Waals surface area contributed by atoms with Gasteiger partial charge in [0.25, 0.3) is 0 Å². The van der Waals surface area contributed by atoms with Crippen molar-refractivity contribution in [3.05, 3.63) is 33.8 Å². The maximum atomic E-state index is 6.30. The molecule has 19 heavy (non-hydrogen) atoms. The summed E-state index contributed by atoms with van der Waals surface area (Å²) in [6.07, 6.45) is 7.86. The molecular formula is C16H23Cl2N. The first-order valence-electron chi connectivity index (χ1n) is 7.38. The van der Waals surface area contributed by atoms with E-state index < -0.39 is 0 Å². The van der Waals surface area contributed by atoms with Gasteiger partial charge in [0.15, 0.2) is 0 Å². The monoisotopic (exact) mass is 299 g/mol. The molecule has 0 aliphatic heterocycles. The van der Waals surface area contributed by atoms with Gasteiger partial charge in [-0.2, -0.15) is 0 Å². The Kier molecular flexibility index (Phi) is 6.00. The van der Waals surface area contributed by atoms with Crippen molar-refractivity contribution in [2.24, 2.45) is 5.92 Å². The Bertz CT molecular complexity index is 400. The second kappa shape index (κ2) is 7.52. The molecule has 3 heteroatoms. The maximum Gasteiger partial charge on any atom is 0.0453 e. The van der Waals surface area contributed by atoms with Crippen LogP contribution in [0.15, 0.2) is 18.2 Å². The van der Waals surface area contributed by atoms with Crippen LogP contribution in [0.2, 0.25) is 10.0 Å². The molecule has 1 aromatic rings. The highest BCUT2D eigenvalue weighted by Crippen LogP contribution is 2.30. The summed E-state index contributed by atoms with van der Waals surface area (Å²) in [6, 6.07) is 6.40. The van der Waals surface area contributed by atoms with Crippen molar-refractivity contribution in [2.45, 2.75) is 51.5 Å². The molecule has 0 saturated heterocycles. The van der Waals surface area contributed by atoms with Crippen LogP contribution in [0.5, 0.6) is 0 Å². The number of halogens is 2. The Balaban J connectivity index is 2.06. The molecule has 0 bridgehead atoms. The summed E-state index contributed by atoms with van der Waals surface area (Å²) in [7, 11) is 0. The van der Waals surface area contributed by atoms with Crippen molar-refractivity contribution in [2.75, 3.05) is 6.54 Å². The fourth-order valence-electron chi connectivity index (χ4n) is 3.13. The van der Waals surface area contributed by atoms with Crippen LogP contribution in [-0.2, 0) is 6.42 Å². The molecule has 1 unspecified atom stereocenters. The highest BCUT2D eigenvalue weighted by atomic mass is 35.5. The Labute approximate surface area is 126 Å². The van der Waals surface area contributed by atoms with Gasteiger partial charge in [0.05, 0.1) is 0 Å². The van der Waals surface area contributed by atoms with Crippen molar-refractivity contribution in [3.63, 3.8) is 0 Å². The van der Waals surface area contributed by atoms with Gasteiger partial charge in [0, 0.05) is 16.1 Å². The normalized spacial score (nSPS) is 18.5. The molecule has 0 spiro atoms. The van der Waals surface area contributed by atoms with Gasteiger partial charge in [0.2, 0.25) is 0 Å². The third-order valence-corrected chi connectivity index (χ3v) is 4.73. The largest absolute Gasteiger partial charge is 0.314 e. The molecule has 1 N–H and O–H groups in total. The molecule has 1 atom stereocenters. The molecule has 2 rings (SSSR count). The van der Waals surface area contributed by atoms with Crippen molar-refractivity contribution in [1.82, 2.24) is 5.32 Å². The van der Waals surface area contributed by atoms with Gasteiger partial charge in [-0.05, 0) is 49.4 Å². The lowest BCUT2D eigenvalue weighted by Gasteiger charge is -2.31. The highest BCUT2D eigenvalue weighted by Gasteiger charge is 2.23. The summed E-state index contributed by atoms with van der Waals surface area (Å²) in [5.41, 5.74) is 1.21. The summed E-state index contributed by atoms with van der Waals surface area (Å²) in [5.74, 6) is 0.792. The third kappa shape index (κ3) is 4.37. The summed E-state index contributed by atoms with van der Waals surface area (Å²) >= 11 is 12.3. The van der Waals surface area contributed by atoms with Crippen LogP contribution >= 0.6 is 23.2 Å². The van der Waals surface area contributed by atoms with Crippen LogP contribution < -0.4 is 5.32 Å². The average Bonchev–Trinajstić information content (AvgIpc) is 2.42. The average molecular weight is 300 g/mol. The fraction of sp³-hybridized carbons (Fsp3) is 0.625. The number of hydrogen-bond acceptors (Lipinski definition) is 1. The Morgan fingerprint density at radius 2 is 1.95 bits per heavy atom. The Morgan fingerprint density at radius 3 is 2.58 bits per heavy atom. The first-order valence-corrected chi connectivity index (χ1v) is 8.13. The van der Waals surface area contributed by atoms with Gasteiger partial charge >= 0.3 is 0 Å². The van der Waals surface area contributed by atoms with Crippen LogP contribution in [0.4, 0.5) is 0 Å². The quantitative estimate of drug-likeness (QED) is 0.798. The van der Waals surface area contributed by atoms with Gasteiger partial charge in [-0.15, -0.1) is 0 Å². The highest BCUT2D eigenvalue weighted by molar-refractivity contribution is 6.35. The van der Waals surface area contributed by atoms with Gasteiger partial charge in [-0.3, -0.25) is 0 Å². The number of nitrogens with one attached hydrogen (secondary N) is 1. The summed E-state index contributed by atoms with van der Waals surface area (Å²) in [6.45, 7) is 3.20. The molecule has 1 aromatic carbocycles. The minimum absolute atomic E-state index is 0.545. The Morgan fingerprint density at radius 1 is 1.21 bits per heavy atom. The smallest absolute Gasteiger partial charge is 0.0453 e. The third-order valence-electron chi connectivity index (χ3n) is 4.14. The van der Waals surface area contributed by atoms with Crippen LogP contribution in [-0.4, -0.2) is 12.6 Å². The van der Waals surface area contributed by atoms with Crippen molar-refractivity contribution >= 4 is 23.2 Å². The molecule has 0 amide bonds. The number of rotatable bonds is 5. The topological polar surface area (TPSA) is 12.0 Å². The van der Waals surface area contributed by atoms with Crippen LogP contribution in [0, 0.1) is 5.92 Å². The lowest BCUT2D eigenvalue weighted by Crippen LogP contribution is -2.39. The van der Waals surface area contributed by atoms with Gasteiger partial charge in [0.1, 0.15) is 0 Å². The molecule has 0 heterocycles. The fourth-order valence-corrected chi connectivity index (χ4v) is 3.61. The minimum atomic E-state index is 0.545. The zero-order chi connectivity index (χ0) is 13.7. The van der Waals surface area contributed by atoms with Crippen molar-refractivity contribution in [3.8, 4) is 0 Å². The molecule has 0 radical (unpaired) electrons. The van der Waals surface area contributed by atoms with Crippen molar-refractivity contribution < 1.29 is 0 Å². The van der Waals surface area contributed by atoms with Gasteiger partial charge < -0.3 is 5.32 Å². The first kappa shape index (κ1) is 15.2. The number of benzene rings is 1. The molecule has 106 valence electrons. The molecule has 0 aromatic heterocycles. The zero-order valence-corrected chi connectivity index (χ0v) is 13.1. The standard InChI is InChI=1S/C16H23Cl2N/c1-2-19-16(12-6-4-3-5-7-12)10-13-8-9-14(17)11-15(13)18/h8-9,11-12,16,19H,2-7,10H2,1H3. The second-order valence-electron chi connectivity index (χ2n) is 5.50. The van der Waals surface area contributed by atoms with E-state index in [4.69, 9.17) is 23.2 Å². The van der Waals surface area contributed by atoms with E-state index in [1.165, 1.54) is 37.7 Å². The van der Waals surface area contributed by atoms with Crippen LogP contribution in [0.1, 0.15) is 44.6 Å². The van der Waals surface area contributed by atoms with E-state index in [-0.39, 0.29) is 0 Å². The SMILES string of the molecule is CCNC(Cc1ccc(Cl)cc1Cl)C1CCCCC1. The summed E-state index contributed by atoms with van der Waals surface area (Å²) in [4.78, 5) is 0. The van der Waals surface area contributed by atoms with E-state index in [1.54, 1.807) is 0 Å². The Hall–Kier alpha value is -0.240. The maximum absolute atomic E-state index is 6.30. The van der Waals surface area contributed by atoms with E-state index in [9.17, 15) is 0 Å². The molecule has 1 aliphatic carbocycles. The lowest BCUT2D eigenvalue weighted by atomic mass is 9.81. The summed E-state index contributed by atoms with van der Waals surface area (Å²) < 4.78 is 0. The van der Waals surface area contributed by atoms with Gasteiger partial charge in [-0.25, -0.2) is 0 Å². The van der Waals surface area contributed by atoms with Crippen molar-refractivity contribution in [1.29, 1.82) is 0 Å². The molecule has 1 saturated carbocycles. The minimum Gasteiger partial charge on any atom is -0.314 e.